The summed E-state index contributed by atoms with van der Waals surface area (Å²) >= 11 is 0. The SMILES string of the molecule is CC(C)CN(CC(=O)O)C(=O)C1CCN(c2ccc(F)cc2)C1=O. The van der Waals surface area contributed by atoms with Crippen molar-refractivity contribution >= 4 is 23.5 Å². The summed E-state index contributed by atoms with van der Waals surface area (Å²) in [5.74, 6) is -3.12. The average Bonchev–Trinajstić information content (AvgIpc) is 2.87. The third-order valence-corrected chi connectivity index (χ3v) is 3.87. The van der Waals surface area contributed by atoms with Crippen LogP contribution < -0.4 is 4.90 Å². The fourth-order valence-electron chi connectivity index (χ4n) is 2.84. The third-order valence-electron chi connectivity index (χ3n) is 3.87. The molecular formula is C17H21FN2O4. The topological polar surface area (TPSA) is 77.9 Å². The van der Waals surface area contributed by atoms with Crippen LogP contribution in [0.15, 0.2) is 24.3 Å². The normalized spacial score (nSPS) is 17.4. The van der Waals surface area contributed by atoms with Crippen LogP contribution in [0.4, 0.5) is 10.1 Å². The fraction of sp³-hybridized carbons (Fsp3) is 0.471. The van der Waals surface area contributed by atoms with Crippen LogP contribution in [0.25, 0.3) is 0 Å². The molecule has 1 unspecified atom stereocenters. The van der Waals surface area contributed by atoms with Gasteiger partial charge in [-0.15, -0.1) is 0 Å². The molecule has 2 amide bonds. The summed E-state index contributed by atoms with van der Waals surface area (Å²) in [6.45, 7) is 3.97. The van der Waals surface area contributed by atoms with Crippen LogP contribution >= 0.6 is 0 Å². The number of nitrogens with zero attached hydrogens (tertiary/aromatic N) is 2. The lowest BCUT2D eigenvalue weighted by Gasteiger charge is -2.25. The Morgan fingerprint density at radius 1 is 1.33 bits per heavy atom. The first-order chi connectivity index (χ1) is 11.3. The van der Waals surface area contributed by atoms with E-state index in [1.165, 1.54) is 34.1 Å². The molecule has 0 saturated carbocycles. The van der Waals surface area contributed by atoms with Crippen molar-refractivity contribution in [1.82, 2.24) is 4.90 Å². The summed E-state index contributed by atoms with van der Waals surface area (Å²) in [7, 11) is 0. The van der Waals surface area contributed by atoms with E-state index >= 15 is 0 Å². The highest BCUT2D eigenvalue weighted by molar-refractivity contribution is 6.10. The minimum absolute atomic E-state index is 0.0954. The van der Waals surface area contributed by atoms with Gasteiger partial charge in [0.15, 0.2) is 0 Å². The molecule has 2 rings (SSSR count). The van der Waals surface area contributed by atoms with E-state index in [9.17, 15) is 18.8 Å². The molecule has 1 aromatic rings. The van der Waals surface area contributed by atoms with Gasteiger partial charge >= 0.3 is 5.97 Å². The van der Waals surface area contributed by atoms with E-state index in [0.29, 0.717) is 18.7 Å². The number of carboxylic acids is 1. The number of carbonyl (C=O) groups excluding carboxylic acids is 2. The quantitative estimate of drug-likeness (QED) is 0.803. The Hall–Kier alpha value is -2.44. The van der Waals surface area contributed by atoms with Crippen molar-refractivity contribution < 1.29 is 23.9 Å². The van der Waals surface area contributed by atoms with Crippen molar-refractivity contribution in [3.63, 3.8) is 0 Å². The van der Waals surface area contributed by atoms with E-state index in [0.717, 1.165) is 0 Å². The molecule has 6 nitrogen and oxygen atoms in total. The number of hydrogen-bond acceptors (Lipinski definition) is 3. The Bertz CT molecular complexity index is 630. The zero-order chi connectivity index (χ0) is 17.9. The van der Waals surface area contributed by atoms with Crippen LogP contribution in [0.1, 0.15) is 20.3 Å². The molecule has 0 radical (unpaired) electrons. The predicted octanol–water partition coefficient (Wildman–Crippen LogP) is 1.75. The molecule has 1 fully saturated rings. The van der Waals surface area contributed by atoms with Crippen LogP contribution in [-0.4, -0.2) is 47.4 Å². The van der Waals surface area contributed by atoms with Crippen LogP contribution in [0.2, 0.25) is 0 Å². The number of amides is 2. The Kier molecular flexibility index (Phi) is 5.54. The van der Waals surface area contributed by atoms with Gasteiger partial charge in [-0.2, -0.15) is 0 Å². The lowest BCUT2D eigenvalue weighted by atomic mass is 10.1. The number of anilines is 1. The van der Waals surface area contributed by atoms with Crippen molar-refractivity contribution in [2.45, 2.75) is 20.3 Å². The van der Waals surface area contributed by atoms with Crippen molar-refractivity contribution in [2.24, 2.45) is 11.8 Å². The summed E-state index contributed by atoms with van der Waals surface area (Å²) in [6.07, 6.45) is 0.323. The molecule has 1 aliphatic rings. The summed E-state index contributed by atoms with van der Waals surface area (Å²) in [5.41, 5.74) is 0.533. The van der Waals surface area contributed by atoms with Crippen molar-refractivity contribution in [3.8, 4) is 0 Å². The van der Waals surface area contributed by atoms with E-state index in [-0.39, 0.29) is 18.4 Å². The zero-order valence-electron chi connectivity index (χ0n) is 13.7. The first kappa shape index (κ1) is 17.9. The molecule has 1 N–H and O–H groups in total. The first-order valence-electron chi connectivity index (χ1n) is 7.87. The Morgan fingerprint density at radius 2 is 1.96 bits per heavy atom. The van der Waals surface area contributed by atoms with Crippen molar-refractivity contribution in [1.29, 1.82) is 0 Å². The zero-order valence-corrected chi connectivity index (χ0v) is 13.7. The molecule has 24 heavy (non-hydrogen) atoms. The smallest absolute Gasteiger partial charge is 0.323 e. The molecule has 7 heteroatoms. The van der Waals surface area contributed by atoms with Crippen LogP contribution in [0.3, 0.4) is 0 Å². The molecule has 1 saturated heterocycles. The van der Waals surface area contributed by atoms with Crippen molar-refractivity contribution in [2.75, 3.05) is 24.5 Å². The maximum Gasteiger partial charge on any atom is 0.323 e. The number of hydrogen-bond donors (Lipinski definition) is 1. The molecule has 1 aliphatic heterocycles. The minimum Gasteiger partial charge on any atom is -0.480 e. The number of benzene rings is 1. The molecule has 0 aliphatic carbocycles. The summed E-state index contributed by atoms with van der Waals surface area (Å²) in [6, 6.07) is 5.49. The Labute approximate surface area is 139 Å². The predicted molar refractivity (Wildman–Crippen MR) is 85.9 cm³/mol. The fourth-order valence-corrected chi connectivity index (χ4v) is 2.84. The molecule has 130 valence electrons. The average molecular weight is 336 g/mol. The van der Waals surface area contributed by atoms with Gasteiger partial charge < -0.3 is 14.9 Å². The maximum absolute atomic E-state index is 13.0. The van der Waals surface area contributed by atoms with Gasteiger partial charge in [0.1, 0.15) is 18.3 Å². The standard InChI is InChI=1S/C17H21FN2O4/c1-11(2)9-19(10-15(21)22)16(23)14-7-8-20(17(14)24)13-5-3-12(18)4-6-13/h3-6,11,14H,7-10H2,1-2H3,(H,21,22). The number of carbonyl (C=O) groups is 3. The number of aliphatic carboxylic acids is 1. The van der Waals surface area contributed by atoms with Crippen molar-refractivity contribution in [3.05, 3.63) is 30.1 Å². The lowest BCUT2D eigenvalue weighted by molar-refractivity contribution is -0.148. The maximum atomic E-state index is 13.0. The molecule has 0 spiro atoms. The molecule has 0 aromatic heterocycles. The van der Waals surface area contributed by atoms with Gasteiger partial charge in [0, 0.05) is 18.8 Å². The van der Waals surface area contributed by atoms with Gasteiger partial charge in [0.2, 0.25) is 11.8 Å². The lowest BCUT2D eigenvalue weighted by Crippen LogP contribution is -2.44. The Balaban J connectivity index is 2.13. The highest BCUT2D eigenvalue weighted by Crippen LogP contribution is 2.27. The Morgan fingerprint density at radius 3 is 2.50 bits per heavy atom. The van der Waals surface area contributed by atoms with Gasteiger partial charge in [-0.1, -0.05) is 13.8 Å². The second kappa shape index (κ2) is 7.42. The molecule has 0 bridgehead atoms. The highest BCUT2D eigenvalue weighted by Gasteiger charge is 2.40. The molecule has 1 heterocycles. The second-order valence-electron chi connectivity index (χ2n) is 6.31. The van der Waals surface area contributed by atoms with Crippen LogP contribution in [-0.2, 0) is 14.4 Å². The van der Waals surface area contributed by atoms with E-state index in [4.69, 9.17) is 5.11 Å². The van der Waals surface area contributed by atoms with Gasteiger partial charge in [0.25, 0.3) is 0 Å². The summed E-state index contributed by atoms with van der Waals surface area (Å²) < 4.78 is 13.0. The number of carboxylic acid groups (broad SMARTS) is 1. The summed E-state index contributed by atoms with van der Waals surface area (Å²) in [5, 5.41) is 8.99. The van der Waals surface area contributed by atoms with Gasteiger partial charge in [0.05, 0.1) is 0 Å². The highest BCUT2D eigenvalue weighted by atomic mass is 19.1. The molecule has 1 atom stereocenters. The molecule has 1 aromatic carbocycles. The minimum atomic E-state index is -1.11. The van der Waals surface area contributed by atoms with Crippen LogP contribution in [0.5, 0.6) is 0 Å². The third kappa shape index (κ3) is 4.10. The van der Waals surface area contributed by atoms with E-state index in [1.54, 1.807) is 0 Å². The number of halogens is 1. The van der Waals surface area contributed by atoms with Gasteiger partial charge in [-0.05, 0) is 36.6 Å². The second-order valence-corrected chi connectivity index (χ2v) is 6.31. The monoisotopic (exact) mass is 336 g/mol. The largest absolute Gasteiger partial charge is 0.480 e. The number of rotatable bonds is 6. The van der Waals surface area contributed by atoms with E-state index in [1.807, 2.05) is 13.8 Å². The summed E-state index contributed by atoms with van der Waals surface area (Å²) in [4.78, 5) is 38.8. The van der Waals surface area contributed by atoms with Gasteiger partial charge in [-0.25, -0.2) is 4.39 Å². The van der Waals surface area contributed by atoms with Gasteiger partial charge in [-0.3, -0.25) is 14.4 Å². The first-order valence-corrected chi connectivity index (χ1v) is 7.87. The van der Waals surface area contributed by atoms with Crippen LogP contribution in [0, 0.1) is 17.7 Å². The van der Waals surface area contributed by atoms with E-state index in [2.05, 4.69) is 0 Å². The molecular weight excluding hydrogens is 315 g/mol. The van der Waals surface area contributed by atoms with E-state index < -0.39 is 30.2 Å².